The lowest BCUT2D eigenvalue weighted by Crippen LogP contribution is -2.60. The van der Waals surface area contributed by atoms with Crippen LogP contribution in [0, 0.1) is 0 Å². The molecular weight excluding hydrogens is 607 g/mol. The van der Waals surface area contributed by atoms with Gasteiger partial charge in [0, 0.05) is 42.8 Å². The van der Waals surface area contributed by atoms with E-state index in [4.69, 9.17) is 32.9 Å². The maximum Gasteiger partial charge on any atom is 0.326 e. The number of halogens is 2. The Morgan fingerprint density at radius 2 is 1.49 bits per heavy atom. The number of amides is 2. The van der Waals surface area contributed by atoms with Crippen LogP contribution in [0.1, 0.15) is 63.8 Å². The van der Waals surface area contributed by atoms with Crippen LogP contribution in [0.3, 0.4) is 0 Å². The average Bonchev–Trinajstić information content (AvgIpc) is 3.25. The van der Waals surface area contributed by atoms with Crippen molar-refractivity contribution in [3.8, 4) is 5.75 Å². The highest BCUT2D eigenvalue weighted by Crippen LogP contribution is 2.54. The molecule has 5 rings (SSSR count). The number of hydrogen-bond donors (Lipinski definition) is 1. The molecule has 45 heavy (non-hydrogen) atoms. The first kappa shape index (κ1) is 33.3. The number of β-amino-alcohol motifs (C(OH)–C–C–N with tert-alkyl or cyclic N) is 1. The Morgan fingerprint density at radius 3 is 2.02 bits per heavy atom. The summed E-state index contributed by atoms with van der Waals surface area (Å²) in [5, 5.41) is 10.7. The summed E-state index contributed by atoms with van der Waals surface area (Å²) in [6, 6.07) is 21.5. The molecule has 7 nitrogen and oxygen atoms in total. The van der Waals surface area contributed by atoms with Gasteiger partial charge in [-0.25, -0.2) is 4.79 Å². The zero-order valence-corrected chi connectivity index (χ0v) is 28.6. The SMILES string of the molecule is CCOc1cc(C(C)(C)C)ccc1C1=N[C@@](C)(c2ccc(Cl)cc2)[C@@](C)(c2ccc(Cl)cc2)N1C(=O)N1CCN(CCO)CC1. The van der Waals surface area contributed by atoms with Crippen molar-refractivity contribution in [2.75, 3.05) is 45.9 Å². The Bertz CT molecular complexity index is 1550. The quantitative estimate of drug-likeness (QED) is 0.291. The van der Waals surface area contributed by atoms with Gasteiger partial charge in [0.2, 0.25) is 0 Å². The highest BCUT2D eigenvalue weighted by Gasteiger charge is 2.60. The number of aliphatic hydroxyl groups is 1. The Morgan fingerprint density at radius 1 is 0.911 bits per heavy atom. The van der Waals surface area contributed by atoms with Gasteiger partial charge in [-0.1, -0.05) is 74.3 Å². The van der Waals surface area contributed by atoms with Crippen LogP contribution in [0.2, 0.25) is 10.0 Å². The molecule has 0 aromatic heterocycles. The molecular formula is C36H44Cl2N4O3. The van der Waals surface area contributed by atoms with Crippen LogP contribution in [0.15, 0.2) is 71.7 Å². The van der Waals surface area contributed by atoms with Gasteiger partial charge in [0.05, 0.1) is 18.8 Å². The van der Waals surface area contributed by atoms with Crippen molar-refractivity contribution in [1.82, 2.24) is 14.7 Å². The topological polar surface area (TPSA) is 68.6 Å². The minimum absolute atomic E-state index is 0.0930. The number of carbonyl (C=O) groups excluding carboxylic acids is 1. The van der Waals surface area contributed by atoms with E-state index in [-0.39, 0.29) is 18.1 Å². The molecule has 9 heteroatoms. The summed E-state index contributed by atoms with van der Waals surface area (Å²) in [6.07, 6.45) is 0. The molecule has 1 saturated heterocycles. The Hall–Kier alpha value is -3.10. The minimum atomic E-state index is -0.966. The molecule has 0 radical (unpaired) electrons. The lowest BCUT2D eigenvalue weighted by atomic mass is 9.71. The molecule has 240 valence electrons. The number of aliphatic imine (C=N–C) groups is 1. The summed E-state index contributed by atoms with van der Waals surface area (Å²) < 4.78 is 6.28. The first-order valence-electron chi connectivity index (χ1n) is 15.7. The molecule has 1 fully saturated rings. The number of piperazine rings is 1. The van der Waals surface area contributed by atoms with Gasteiger partial charge in [-0.05, 0) is 79.3 Å². The molecule has 0 spiro atoms. The lowest BCUT2D eigenvalue weighted by molar-refractivity contribution is 0.0819. The highest BCUT2D eigenvalue weighted by atomic mass is 35.5. The number of amidine groups is 1. The predicted octanol–water partition coefficient (Wildman–Crippen LogP) is 7.31. The number of urea groups is 1. The lowest BCUT2D eigenvalue weighted by Gasteiger charge is -2.47. The molecule has 2 atom stereocenters. The fourth-order valence-corrected chi connectivity index (χ4v) is 6.71. The number of rotatable bonds is 7. The van der Waals surface area contributed by atoms with Crippen molar-refractivity contribution in [2.24, 2.45) is 4.99 Å². The summed E-state index contributed by atoms with van der Waals surface area (Å²) >= 11 is 12.7. The molecule has 2 aliphatic rings. The fourth-order valence-electron chi connectivity index (χ4n) is 6.46. The van der Waals surface area contributed by atoms with Crippen LogP contribution in [0.5, 0.6) is 5.75 Å². The molecule has 2 amide bonds. The molecule has 0 saturated carbocycles. The Kier molecular flexibility index (Phi) is 9.58. The van der Waals surface area contributed by atoms with Crippen LogP contribution in [-0.4, -0.2) is 77.6 Å². The number of hydrogen-bond acceptors (Lipinski definition) is 5. The minimum Gasteiger partial charge on any atom is -0.493 e. The van der Waals surface area contributed by atoms with Gasteiger partial charge < -0.3 is 14.7 Å². The second kappa shape index (κ2) is 13.0. The summed E-state index contributed by atoms with van der Waals surface area (Å²) in [6.45, 7) is 16.3. The molecule has 0 unspecified atom stereocenters. The third kappa shape index (κ3) is 6.20. The van der Waals surface area contributed by atoms with Crippen LogP contribution in [0.4, 0.5) is 4.79 Å². The fraction of sp³-hybridized carbons (Fsp3) is 0.444. The van der Waals surface area contributed by atoms with Crippen molar-refractivity contribution in [3.63, 3.8) is 0 Å². The zero-order valence-electron chi connectivity index (χ0n) is 27.1. The number of benzene rings is 3. The Balaban J connectivity index is 1.75. The van der Waals surface area contributed by atoms with Crippen LogP contribution >= 0.6 is 23.2 Å². The van der Waals surface area contributed by atoms with Gasteiger partial charge in [-0.15, -0.1) is 0 Å². The van der Waals surface area contributed by atoms with E-state index in [1.807, 2.05) is 71.3 Å². The second-order valence-corrected chi connectivity index (χ2v) is 14.0. The molecule has 3 aromatic rings. The maximum atomic E-state index is 15.0. The van der Waals surface area contributed by atoms with Gasteiger partial charge in [-0.2, -0.15) is 0 Å². The summed E-state index contributed by atoms with van der Waals surface area (Å²) in [7, 11) is 0. The summed E-state index contributed by atoms with van der Waals surface area (Å²) in [4.78, 5) is 26.5. The van der Waals surface area contributed by atoms with Gasteiger partial charge in [0.15, 0.2) is 0 Å². The third-order valence-corrected chi connectivity index (χ3v) is 9.89. The van der Waals surface area contributed by atoms with E-state index in [2.05, 4.69) is 51.7 Å². The van der Waals surface area contributed by atoms with E-state index < -0.39 is 11.1 Å². The maximum absolute atomic E-state index is 15.0. The van der Waals surface area contributed by atoms with Crippen molar-refractivity contribution in [1.29, 1.82) is 0 Å². The van der Waals surface area contributed by atoms with Crippen molar-refractivity contribution >= 4 is 35.1 Å². The van der Waals surface area contributed by atoms with Crippen molar-refractivity contribution < 1.29 is 14.6 Å². The monoisotopic (exact) mass is 650 g/mol. The zero-order chi connectivity index (χ0) is 32.6. The first-order chi connectivity index (χ1) is 21.3. The van der Waals surface area contributed by atoms with E-state index in [0.29, 0.717) is 61.0 Å². The van der Waals surface area contributed by atoms with Gasteiger partial charge in [0.25, 0.3) is 0 Å². The van der Waals surface area contributed by atoms with E-state index in [9.17, 15) is 9.90 Å². The molecule has 0 bridgehead atoms. The van der Waals surface area contributed by atoms with Crippen LogP contribution in [-0.2, 0) is 16.5 Å². The third-order valence-electron chi connectivity index (χ3n) is 9.39. The second-order valence-electron chi connectivity index (χ2n) is 13.2. The first-order valence-corrected chi connectivity index (χ1v) is 16.4. The molecule has 2 aliphatic heterocycles. The van der Waals surface area contributed by atoms with Gasteiger partial charge in [0.1, 0.15) is 22.7 Å². The summed E-state index contributed by atoms with van der Waals surface area (Å²) in [5.41, 5.74) is 1.74. The molecule has 3 aromatic carbocycles. The standard InChI is InChI=1S/C36H44Cl2N4O3/c1-7-45-31-24-27(34(2,3)4)12-17-30(31)32-39-35(5,25-8-13-28(37)14-9-25)36(6,26-10-15-29(38)16-11-26)42(32)33(44)41-20-18-40(19-21-41)22-23-43/h8-17,24,43H,7,18-23H2,1-6H3/t35-,36+/m0/s1. The number of nitrogens with zero attached hydrogens (tertiary/aromatic N) is 4. The Labute approximate surface area is 277 Å². The van der Waals surface area contributed by atoms with Crippen molar-refractivity contribution in [3.05, 3.63) is 99.0 Å². The number of aliphatic hydroxyl groups excluding tert-OH is 1. The molecule has 0 aliphatic carbocycles. The number of ether oxygens (including phenoxy) is 1. The van der Waals surface area contributed by atoms with E-state index in [1.165, 1.54) is 0 Å². The van der Waals surface area contributed by atoms with E-state index in [0.717, 1.165) is 22.3 Å². The molecule has 1 N–H and O–H groups in total. The summed E-state index contributed by atoms with van der Waals surface area (Å²) in [5.74, 6) is 1.24. The number of carbonyl (C=O) groups is 1. The highest BCUT2D eigenvalue weighted by molar-refractivity contribution is 6.30. The molecule has 2 heterocycles. The normalized spacial score (nSPS) is 22.5. The van der Waals surface area contributed by atoms with Crippen molar-refractivity contribution in [2.45, 2.75) is 58.0 Å². The largest absolute Gasteiger partial charge is 0.493 e. The van der Waals surface area contributed by atoms with Crippen LogP contribution < -0.4 is 4.74 Å². The van der Waals surface area contributed by atoms with E-state index in [1.54, 1.807) is 0 Å². The van der Waals surface area contributed by atoms with E-state index >= 15 is 0 Å². The average molecular weight is 652 g/mol. The van der Waals surface area contributed by atoms with Gasteiger partial charge in [-0.3, -0.25) is 14.8 Å². The predicted molar refractivity (Wildman–Crippen MR) is 183 cm³/mol. The van der Waals surface area contributed by atoms with Gasteiger partial charge >= 0.3 is 6.03 Å². The smallest absolute Gasteiger partial charge is 0.326 e. The van der Waals surface area contributed by atoms with Crippen LogP contribution in [0.25, 0.3) is 0 Å².